The number of nitrogens with zero attached hydrogens (tertiary/aromatic N) is 2. The van der Waals surface area contributed by atoms with E-state index in [2.05, 4.69) is 56.6 Å². The van der Waals surface area contributed by atoms with Crippen LogP contribution < -0.4 is 39.2 Å². The van der Waals surface area contributed by atoms with Crippen LogP contribution in [0, 0.1) is 0 Å². The summed E-state index contributed by atoms with van der Waals surface area (Å²) in [5, 5.41) is 0. The summed E-state index contributed by atoms with van der Waals surface area (Å²) in [5.74, 6) is 1.73. The van der Waals surface area contributed by atoms with Crippen molar-refractivity contribution in [2.75, 3.05) is 37.7 Å². The molecule has 4 nitrogen and oxygen atoms in total. The molecule has 1 aromatic carbocycles. The maximum atomic E-state index is 5.70. The van der Waals surface area contributed by atoms with Crippen molar-refractivity contribution in [3.8, 4) is 11.5 Å². The quantitative estimate of drug-likeness (QED) is 0.521. The van der Waals surface area contributed by atoms with E-state index >= 15 is 0 Å². The molecule has 24 heavy (non-hydrogen) atoms. The lowest BCUT2D eigenvalue weighted by Crippen LogP contribution is -3.00. The first-order valence-corrected chi connectivity index (χ1v) is 8.43. The van der Waals surface area contributed by atoms with Gasteiger partial charge in [-0.3, -0.25) is 4.90 Å². The lowest BCUT2D eigenvalue weighted by molar-refractivity contribution is -0.00100. The maximum absolute atomic E-state index is 5.70. The number of fused-ring (bicyclic) bond motifs is 1. The van der Waals surface area contributed by atoms with E-state index in [9.17, 15) is 0 Å². The van der Waals surface area contributed by atoms with Gasteiger partial charge in [0.2, 0.25) is 0 Å². The standard InChI is InChI=1S/C18H30N2O2.2ClH/c1-6-19(9-10-20(14(2)3)15(4)5)16-7-8-17-18(13-16)22-12-11-21-17;;/h7-8,13-15H,6,9-12H2,1-5H3;2*1H/p-2. The highest BCUT2D eigenvalue weighted by molar-refractivity contribution is 5.56. The zero-order valence-electron chi connectivity index (χ0n) is 15.4. The van der Waals surface area contributed by atoms with Crippen LogP contribution in [-0.2, 0) is 0 Å². The Labute approximate surface area is 159 Å². The van der Waals surface area contributed by atoms with Crippen molar-refractivity contribution < 1.29 is 34.3 Å². The second-order valence-corrected chi connectivity index (χ2v) is 6.33. The smallest absolute Gasteiger partial charge is 0.163 e. The van der Waals surface area contributed by atoms with Crippen LogP contribution in [0.25, 0.3) is 0 Å². The van der Waals surface area contributed by atoms with Gasteiger partial charge in [-0.2, -0.15) is 0 Å². The molecule has 0 saturated carbocycles. The number of benzene rings is 1. The van der Waals surface area contributed by atoms with E-state index in [1.165, 1.54) is 5.69 Å². The van der Waals surface area contributed by atoms with Gasteiger partial charge in [0.25, 0.3) is 0 Å². The zero-order chi connectivity index (χ0) is 16.1. The Balaban J connectivity index is 0.00000264. The highest BCUT2D eigenvalue weighted by Crippen LogP contribution is 2.33. The minimum Gasteiger partial charge on any atom is -1.00 e. The number of likely N-dealkylation sites (N-methyl/N-ethyl adjacent to an activating group) is 1. The van der Waals surface area contributed by atoms with Crippen molar-refractivity contribution in [3.63, 3.8) is 0 Å². The number of rotatable bonds is 7. The van der Waals surface area contributed by atoms with Crippen LogP contribution >= 0.6 is 0 Å². The molecule has 1 heterocycles. The van der Waals surface area contributed by atoms with Crippen molar-refractivity contribution in [3.05, 3.63) is 18.2 Å². The number of anilines is 1. The SMILES string of the molecule is CCN(CCN(C(C)C)C(C)C)c1ccc2c(c1)OCCO2.[Cl-].[Cl-]. The van der Waals surface area contributed by atoms with Gasteiger partial charge in [-0.1, -0.05) is 0 Å². The van der Waals surface area contributed by atoms with Crippen molar-refractivity contribution in [1.82, 2.24) is 4.90 Å². The van der Waals surface area contributed by atoms with Gasteiger partial charge in [0.15, 0.2) is 11.5 Å². The summed E-state index contributed by atoms with van der Waals surface area (Å²) >= 11 is 0. The lowest BCUT2D eigenvalue weighted by atomic mass is 10.2. The Morgan fingerprint density at radius 1 is 0.917 bits per heavy atom. The molecule has 0 radical (unpaired) electrons. The highest BCUT2D eigenvalue weighted by Gasteiger charge is 2.17. The highest BCUT2D eigenvalue weighted by atomic mass is 35.5. The Morgan fingerprint density at radius 2 is 1.50 bits per heavy atom. The largest absolute Gasteiger partial charge is 1.00 e. The summed E-state index contributed by atoms with van der Waals surface area (Å²) in [4.78, 5) is 4.93. The van der Waals surface area contributed by atoms with Crippen LogP contribution in [0.4, 0.5) is 5.69 Å². The average molecular weight is 377 g/mol. The topological polar surface area (TPSA) is 24.9 Å². The maximum Gasteiger partial charge on any atom is 0.163 e. The lowest BCUT2D eigenvalue weighted by Gasteiger charge is -2.34. The third kappa shape index (κ3) is 5.91. The molecule has 1 aromatic rings. The van der Waals surface area contributed by atoms with Crippen LogP contribution in [0.3, 0.4) is 0 Å². The first-order chi connectivity index (χ1) is 10.5. The van der Waals surface area contributed by atoms with E-state index in [0.29, 0.717) is 25.3 Å². The summed E-state index contributed by atoms with van der Waals surface area (Å²) in [6.07, 6.45) is 0. The molecular formula is C18H30Cl2N2O2-2. The van der Waals surface area contributed by atoms with Crippen LogP contribution in [0.5, 0.6) is 11.5 Å². The molecule has 0 bridgehead atoms. The van der Waals surface area contributed by atoms with Crippen LogP contribution in [0.15, 0.2) is 18.2 Å². The molecule has 0 amide bonds. The molecule has 0 aromatic heterocycles. The number of ether oxygens (including phenoxy) is 2. The van der Waals surface area contributed by atoms with Gasteiger partial charge in [0.1, 0.15) is 13.2 Å². The number of hydrogen-bond donors (Lipinski definition) is 0. The van der Waals surface area contributed by atoms with Crippen molar-refractivity contribution in [2.24, 2.45) is 0 Å². The van der Waals surface area contributed by atoms with Crippen molar-refractivity contribution in [2.45, 2.75) is 46.7 Å². The number of halogens is 2. The summed E-state index contributed by atoms with van der Waals surface area (Å²) in [6.45, 7) is 15.6. The molecule has 0 unspecified atom stereocenters. The van der Waals surface area contributed by atoms with E-state index in [4.69, 9.17) is 9.47 Å². The Hall–Kier alpha value is -0.840. The molecule has 0 saturated heterocycles. The molecule has 1 aliphatic rings. The fourth-order valence-electron chi connectivity index (χ4n) is 3.05. The van der Waals surface area contributed by atoms with E-state index in [1.807, 2.05) is 6.07 Å². The Bertz CT molecular complexity index is 476. The molecule has 2 rings (SSSR count). The van der Waals surface area contributed by atoms with Gasteiger partial charge in [0.05, 0.1) is 0 Å². The van der Waals surface area contributed by atoms with Crippen molar-refractivity contribution >= 4 is 5.69 Å². The summed E-state index contributed by atoms with van der Waals surface area (Å²) in [5.41, 5.74) is 1.21. The third-order valence-corrected chi connectivity index (χ3v) is 4.23. The van der Waals surface area contributed by atoms with Gasteiger partial charge in [-0.15, -0.1) is 0 Å². The predicted molar refractivity (Wildman–Crippen MR) is 92.3 cm³/mol. The van der Waals surface area contributed by atoms with Gasteiger partial charge in [0, 0.05) is 43.5 Å². The summed E-state index contributed by atoms with van der Waals surface area (Å²) in [7, 11) is 0. The molecule has 0 spiro atoms. The minimum absolute atomic E-state index is 0. The number of hydrogen-bond acceptors (Lipinski definition) is 4. The van der Waals surface area contributed by atoms with Gasteiger partial charge >= 0.3 is 0 Å². The summed E-state index contributed by atoms with van der Waals surface area (Å²) in [6, 6.07) is 7.40. The molecule has 0 aliphatic carbocycles. The zero-order valence-corrected chi connectivity index (χ0v) is 16.9. The molecule has 0 atom stereocenters. The first-order valence-electron chi connectivity index (χ1n) is 8.43. The van der Waals surface area contributed by atoms with E-state index < -0.39 is 0 Å². The second kappa shape index (κ2) is 10.9. The van der Waals surface area contributed by atoms with Gasteiger partial charge in [-0.25, -0.2) is 0 Å². The van der Waals surface area contributed by atoms with Crippen LogP contribution in [0.2, 0.25) is 0 Å². The third-order valence-electron chi connectivity index (χ3n) is 4.23. The minimum atomic E-state index is 0. The first kappa shape index (κ1) is 23.2. The van der Waals surface area contributed by atoms with Gasteiger partial charge < -0.3 is 39.2 Å². The normalized spacial score (nSPS) is 12.8. The summed E-state index contributed by atoms with van der Waals surface area (Å²) < 4.78 is 11.3. The monoisotopic (exact) mass is 376 g/mol. The van der Waals surface area contributed by atoms with Gasteiger partial charge in [-0.05, 0) is 46.8 Å². The Morgan fingerprint density at radius 3 is 2.04 bits per heavy atom. The fourth-order valence-corrected chi connectivity index (χ4v) is 3.05. The average Bonchev–Trinajstić information content (AvgIpc) is 2.50. The molecule has 1 aliphatic heterocycles. The Kier molecular flexibility index (Phi) is 10.5. The van der Waals surface area contributed by atoms with E-state index in [0.717, 1.165) is 31.1 Å². The molecular weight excluding hydrogens is 347 g/mol. The predicted octanol–water partition coefficient (Wildman–Crippen LogP) is -2.59. The fraction of sp³-hybridized carbons (Fsp3) is 0.667. The van der Waals surface area contributed by atoms with E-state index in [-0.39, 0.29) is 24.8 Å². The molecule has 6 heteroatoms. The molecule has 140 valence electrons. The van der Waals surface area contributed by atoms with Crippen molar-refractivity contribution in [1.29, 1.82) is 0 Å². The van der Waals surface area contributed by atoms with Crippen LogP contribution in [-0.4, -0.2) is 49.8 Å². The molecule has 0 N–H and O–H groups in total. The molecule has 0 fully saturated rings. The van der Waals surface area contributed by atoms with Crippen LogP contribution in [0.1, 0.15) is 34.6 Å². The van der Waals surface area contributed by atoms with E-state index in [1.54, 1.807) is 0 Å². The second-order valence-electron chi connectivity index (χ2n) is 6.33.